The summed E-state index contributed by atoms with van der Waals surface area (Å²) in [5.41, 5.74) is 3.54. The second kappa shape index (κ2) is 9.06. The Hall–Kier alpha value is -2.31. The summed E-state index contributed by atoms with van der Waals surface area (Å²) >= 11 is 0. The molecule has 0 unspecified atom stereocenters. The Morgan fingerprint density at radius 1 is 1.22 bits per heavy atom. The number of hydrogen-bond donors (Lipinski definition) is 1. The van der Waals surface area contributed by atoms with Gasteiger partial charge >= 0.3 is 6.09 Å². The lowest BCUT2D eigenvalue weighted by Crippen LogP contribution is -2.75. The summed E-state index contributed by atoms with van der Waals surface area (Å²) in [5, 5.41) is 3.19. The van der Waals surface area contributed by atoms with Crippen molar-refractivity contribution in [2.75, 3.05) is 31.1 Å². The van der Waals surface area contributed by atoms with Crippen LogP contribution in [0.2, 0.25) is 0 Å². The zero-order valence-electron chi connectivity index (χ0n) is 16.6. The minimum absolute atomic E-state index is 0.0779. The van der Waals surface area contributed by atoms with Crippen LogP contribution in [0.5, 0.6) is 0 Å². The maximum atomic E-state index is 11.9. The molecule has 3 rings (SSSR count). The van der Waals surface area contributed by atoms with E-state index in [-0.39, 0.29) is 18.3 Å². The van der Waals surface area contributed by atoms with E-state index in [1.165, 1.54) is 11.4 Å². The molecule has 148 valence electrons. The van der Waals surface area contributed by atoms with Crippen LogP contribution in [0, 0.1) is 6.92 Å². The lowest BCUT2D eigenvalue weighted by Gasteiger charge is -2.30. The highest BCUT2D eigenvalue weighted by molar-refractivity contribution is 5.81. The molecule has 2 fully saturated rings. The van der Waals surface area contributed by atoms with E-state index < -0.39 is 0 Å². The maximum Gasteiger partial charge on any atom is 0.410 e. The zero-order chi connectivity index (χ0) is 19.2. The van der Waals surface area contributed by atoms with Gasteiger partial charge in [0.25, 0.3) is 0 Å². The first kappa shape index (κ1) is 19.5. The first-order chi connectivity index (χ1) is 13.0. The smallest absolute Gasteiger partial charge is 0.410 e. The first-order valence-corrected chi connectivity index (χ1v) is 9.91. The van der Waals surface area contributed by atoms with Gasteiger partial charge in [0.15, 0.2) is 6.10 Å². The number of rotatable bonds is 4. The number of carbonyl (C=O) groups excluding carboxylic acids is 1. The van der Waals surface area contributed by atoms with Gasteiger partial charge in [0.05, 0.1) is 17.5 Å². The average molecular weight is 375 g/mol. The van der Waals surface area contributed by atoms with Crippen molar-refractivity contribution in [3.8, 4) is 0 Å². The van der Waals surface area contributed by atoms with Crippen LogP contribution in [0.25, 0.3) is 0 Å². The molecule has 0 aliphatic carbocycles. The third kappa shape index (κ3) is 5.34. The molecule has 1 amide bonds. The molecule has 0 aromatic carbocycles. The number of aryl methyl sites for hydroxylation is 1. The van der Waals surface area contributed by atoms with Gasteiger partial charge in [-0.1, -0.05) is 0 Å². The lowest BCUT2D eigenvalue weighted by molar-refractivity contribution is -0.766. The summed E-state index contributed by atoms with van der Waals surface area (Å²) in [4.78, 5) is 26.4. The molecule has 7 nitrogen and oxygen atoms in total. The van der Waals surface area contributed by atoms with Gasteiger partial charge in [-0.15, -0.1) is 0 Å². The standard InChI is InChI=1S/C20H30N4O3/c1-15(2)26-20(25)24-13-8-18(9-14-24)27-22-17-6-11-23(12-7-17)19-5-4-10-21-16(19)3/h4-5,10,15,18H,6-9,11-14H2,1-3H3/p+1. The van der Waals surface area contributed by atoms with Crippen LogP contribution in [-0.2, 0) is 9.57 Å². The van der Waals surface area contributed by atoms with Gasteiger partial charge in [-0.25, -0.2) is 4.79 Å². The Morgan fingerprint density at radius 3 is 2.56 bits per heavy atom. The van der Waals surface area contributed by atoms with Crippen LogP contribution in [0.3, 0.4) is 0 Å². The van der Waals surface area contributed by atoms with Crippen molar-refractivity contribution >= 4 is 17.5 Å². The summed E-state index contributed by atoms with van der Waals surface area (Å²) in [6.07, 6.45) is 5.27. The van der Waals surface area contributed by atoms with E-state index in [9.17, 15) is 4.79 Å². The molecule has 2 aliphatic heterocycles. The fourth-order valence-corrected chi connectivity index (χ4v) is 3.53. The van der Waals surface area contributed by atoms with Crippen molar-refractivity contribution < 1.29 is 19.5 Å². The predicted octanol–water partition coefficient (Wildman–Crippen LogP) is 1.45. The minimum Gasteiger partial charge on any atom is -0.447 e. The third-order valence-electron chi connectivity index (χ3n) is 5.09. The Balaban J connectivity index is 1.42. The van der Waals surface area contributed by atoms with Gasteiger partial charge in [-0.3, -0.25) is 9.82 Å². The molecule has 27 heavy (non-hydrogen) atoms. The number of hydrogen-bond acceptors (Lipinski definition) is 5. The highest BCUT2D eigenvalue weighted by Gasteiger charge is 2.27. The largest absolute Gasteiger partial charge is 0.447 e. The van der Waals surface area contributed by atoms with Crippen LogP contribution in [0.4, 0.5) is 10.5 Å². The van der Waals surface area contributed by atoms with Gasteiger partial charge in [0, 0.05) is 58.1 Å². The predicted molar refractivity (Wildman–Crippen MR) is 104 cm³/mol. The number of anilines is 1. The number of carbonyl (C=O) groups is 1. The summed E-state index contributed by atoms with van der Waals surface area (Å²) in [7, 11) is 0. The van der Waals surface area contributed by atoms with Gasteiger partial charge in [-0.2, -0.15) is 0 Å². The number of aromatic nitrogens is 1. The molecule has 3 heterocycles. The Labute approximate surface area is 161 Å². The molecule has 0 spiro atoms. The second-order valence-electron chi connectivity index (χ2n) is 7.54. The molecule has 0 bridgehead atoms. The van der Waals surface area contributed by atoms with E-state index in [2.05, 4.69) is 28.0 Å². The molecule has 0 atom stereocenters. The molecule has 0 saturated carbocycles. The van der Waals surface area contributed by atoms with Crippen molar-refractivity contribution in [3.05, 3.63) is 24.0 Å². The van der Waals surface area contributed by atoms with Gasteiger partial charge < -0.3 is 14.5 Å². The van der Waals surface area contributed by atoms with Gasteiger partial charge in [-0.05, 0) is 38.1 Å². The molecule has 2 aliphatic rings. The SMILES string of the molecule is Cc1ncccc1N1CCC(=[NH+]OC2CCN(C(=O)OC(C)C)CC2)CC1. The second-order valence-corrected chi connectivity index (χ2v) is 7.54. The van der Waals surface area contributed by atoms with Gasteiger partial charge in [0.1, 0.15) is 0 Å². The monoisotopic (exact) mass is 375 g/mol. The number of piperidine rings is 2. The van der Waals surface area contributed by atoms with E-state index in [0.29, 0.717) is 13.1 Å². The Kier molecular flexibility index (Phi) is 6.53. The zero-order valence-corrected chi connectivity index (χ0v) is 16.6. The molecular weight excluding hydrogens is 344 g/mol. The molecular formula is C20H31N4O3+. The number of nitrogens with one attached hydrogen (secondary N) is 1. The number of amides is 1. The number of likely N-dealkylation sites (tertiary alicyclic amines) is 1. The van der Waals surface area contributed by atoms with Crippen molar-refractivity contribution in [1.82, 2.24) is 9.88 Å². The van der Waals surface area contributed by atoms with Crippen molar-refractivity contribution in [2.45, 2.75) is 58.7 Å². The van der Waals surface area contributed by atoms with Crippen LogP contribution >= 0.6 is 0 Å². The third-order valence-corrected chi connectivity index (χ3v) is 5.09. The summed E-state index contributed by atoms with van der Waals surface area (Å²) in [6, 6.07) is 4.13. The number of ether oxygens (including phenoxy) is 1. The number of nitrogens with zero attached hydrogens (tertiary/aromatic N) is 3. The lowest BCUT2D eigenvalue weighted by atomic mass is 10.1. The van der Waals surface area contributed by atoms with E-state index in [1.54, 1.807) is 4.90 Å². The summed E-state index contributed by atoms with van der Waals surface area (Å²) < 4.78 is 5.25. The maximum absolute atomic E-state index is 11.9. The van der Waals surface area contributed by atoms with E-state index in [4.69, 9.17) is 9.57 Å². The Bertz CT molecular complexity index is 659. The molecule has 1 aromatic rings. The minimum atomic E-state index is -0.219. The Morgan fingerprint density at radius 2 is 1.93 bits per heavy atom. The first-order valence-electron chi connectivity index (χ1n) is 9.91. The molecule has 1 N–H and O–H groups in total. The van der Waals surface area contributed by atoms with Gasteiger partial charge in [0.2, 0.25) is 5.71 Å². The van der Waals surface area contributed by atoms with Crippen LogP contribution < -0.4 is 10.1 Å². The molecule has 1 aromatic heterocycles. The molecule has 2 saturated heterocycles. The normalized spacial score (nSPS) is 18.6. The fraction of sp³-hybridized carbons (Fsp3) is 0.650. The fourth-order valence-electron chi connectivity index (χ4n) is 3.53. The van der Waals surface area contributed by atoms with Crippen molar-refractivity contribution in [1.29, 1.82) is 0 Å². The van der Waals surface area contributed by atoms with Crippen molar-refractivity contribution in [3.63, 3.8) is 0 Å². The quantitative estimate of drug-likeness (QED) is 0.807. The van der Waals surface area contributed by atoms with E-state index in [1.807, 2.05) is 26.1 Å². The summed E-state index contributed by atoms with van der Waals surface area (Å²) in [6.45, 7) is 9.10. The topological polar surface area (TPSA) is 68.9 Å². The highest BCUT2D eigenvalue weighted by Crippen LogP contribution is 2.20. The summed E-state index contributed by atoms with van der Waals surface area (Å²) in [5.74, 6) is 0. The number of pyridine rings is 1. The molecule has 0 radical (unpaired) electrons. The van der Waals surface area contributed by atoms with Crippen LogP contribution in [0.15, 0.2) is 18.3 Å². The van der Waals surface area contributed by atoms with E-state index in [0.717, 1.165) is 44.5 Å². The highest BCUT2D eigenvalue weighted by atomic mass is 16.6. The van der Waals surface area contributed by atoms with E-state index >= 15 is 0 Å². The van der Waals surface area contributed by atoms with Crippen molar-refractivity contribution in [2.24, 2.45) is 0 Å². The van der Waals surface area contributed by atoms with Crippen LogP contribution in [-0.4, -0.2) is 60.1 Å². The average Bonchev–Trinajstić information content (AvgIpc) is 2.67. The van der Waals surface area contributed by atoms with Crippen LogP contribution in [0.1, 0.15) is 45.2 Å². The molecule has 7 heteroatoms.